The van der Waals surface area contributed by atoms with E-state index in [2.05, 4.69) is 15.6 Å². The maximum atomic E-state index is 12.4. The fraction of sp³-hybridized carbons (Fsp3) is 0.200. The van der Waals surface area contributed by atoms with Gasteiger partial charge in [-0.15, -0.1) is 0 Å². The summed E-state index contributed by atoms with van der Waals surface area (Å²) in [7, 11) is 0. The molecular formula is C15H16ClN3O. The van der Waals surface area contributed by atoms with Gasteiger partial charge in [0.2, 0.25) is 0 Å². The molecule has 0 fully saturated rings. The molecule has 0 aliphatic rings. The van der Waals surface area contributed by atoms with E-state index < -0.39 is 0 Å². The number of carbonyl (C=O) groups excluding carboxylic acids is 1. The van der Waals surface area contributed by atoms with Gasteiger partial charge < -0.3 is 10.6 Å². The molecule has 0 bridgehead atoms. The quantitative estimate of drug-likeness (QED) is 0.902. The number of carbonyl (C=O) groups is 1. The van der Waals surface area contributed by atoms with E-state index in [9.17, 15) is 4.79 Å². The van der Waals surface area contributed by atoms with Crippen LogP contribution in [-0.2, 0) is 0 Å². The lowest BCUT2D eigenvalue weighted by atomic mass is 10.1. The van der Waals surface area contributed by atoms with Crippen molar-refractivity contribution < 1.29 is 4.79 Å². The lowest BCUT2D eigenvalue weighted by Gasteiger charge is -2.12. The maximum absolute atomic E-state index is 12.4. The van der Waals surface area contributed by atoms with Crippen molar-refractivity contribution in [3.8, 4) is 0 Å². The zero-order valence-electron chi connectivity index (χ0n) is 11.4. The van der Waals surface area contributed by atoms with Crippen LogP contribution in [0.4, 0.5) is 11.5 Å². The molecule has 2 rings (SSSR count). The number of aromatic nitrogens is 1. The molecule has 0 spiro atoms. The van der Waals surface area contributed by atoms with Crippen molar-refractivity contribution in [2.75, 3.05) is 17.2 Å². The number of nitrogens with zero attached hydrogens (tertiary/aromatic N) is 1. The summed E-state index contributed by atoms with van der Waals surface area (Å²) in [6.45, 7) is 4.59. The summed E-state index contributed by atoms with van der Waals surface area (Å²) in [5.41, 5.74) is 2.17. The Balaban J connectivity index is 2.29. The number of rotatable bonds is 4. The van der Waals surface area contributed by atoms with Crippen LogP contribution in [0.15, 0.2) is 36.5 Å². The second-order valence-corrected chi connectivity index (χ2v) is 4.78. The Bertz CT molecular complexity index is 628. The van der Waals surface area contributed by atoms with Crippen LogP contribution in [0.1, 0.15) is 22.8 Å². The molecule has 1 heterocycles. The van der Waals surface area contributed by atoms with Gasteiger partial charge in [-0.1, -0.05) is 17.7 Å². The van der Waals surface area contributed by atoms with Crippen LogP contribution in [0.3, 0.4) is 0 Å². The van der Waals surface area contributed by atoms with Crippen LogP contribution in [0.5, 0.6) is 0 Å². The monoisotopic (exact) mass is 289 g/mol. The van der Waals surface area contributed by atoms with Crippen molar-refractivity contribution in [2.45, 2.75) is 13.8 Å². The summed E-state index contributed by atoms with van der Waals surface area (Å²) in [5, 5.41) is 6.47. The molecular weight excluding hydrogens is 274 g/mol. The number of pyridine rings is 1. The van der Waals surface area contributed by atoms with E-state index in [1.165, 1.54) is 0 Å². The molecule has 0 atom stereocenters. The second kappa shape index (κ2) is 6.39. The van der Waals surface area contributed by atoms with Crippen LogP contribution in [0, 0.1) is 6.92 Å². The molecule has 104 valence electrons. The third kappa shape index (κ3) is 3.27. The molecule has 1 aromatic carbocycles. The van der Waals surface area contributed by atoms with E-state index in [0.717, 1.165) is 17.8 Å². The molecule has 1 aromatic heterocycles. The van der Waals surface area contributed by atoms with Gasteiger partial charge in [-0.2, -0.15) is 0 Å². The number of hydrogen-bond acceptors (Lipinski definition) is 3. The lowest BCUT2D eigenvalue weighted by Crippen LogP contribution is -2.16. The summed E-state index contributed by atoms with van der Waals surface area (Å²) in [5.74, 6) is 0.324. The molecule has 1 amide bonds. The molecule has 2 N–H and O–H groups in total. The Morgan fingerprint density at radius 3 is 2.85 bits per heavy atom. The topological polar surface area (TPSA) is 54.0 Å². The second-order valence-electron chi connectivity index (χ2n) is 4.34. The van der Waals surface area contributed by atoms with E-state index in [4.69, 9.17) is 11.6 Å². The Morgan fingerprint density at radius 1 is 1.35 bits per heavy atom. The fourth-order valence-electron chi connectivity index (χ4n) is 1.84. The summed E-state index contributed by atoms with van der Waals surface area (Å²) < 4.78 is 0. The maximum Gasteiger partial charge on any atom is 0.258 e. The molecule has 0 unspecified atom stereocenters. The normalized spacial score (nSPS) is 10.2. The molecule has 4 nitrogen and oxygen atoms in total. The summed E-state index contributed by atoms with van der Waals surface area (Å²) in [4.78, 5) is 16.5. The van der Waals surface area contributed by atoms with Gasteiger partial charge in [-0.3, -0.25) is 4.79 Å². The van der Waals surface area contributed by atoms with Crippen molar-refractivity contribution in [1.82, 2.24) is 4.98 Å². The number of aryl methyl sites for hydroxylation is 1. The minimum Gasteiger partial charge on any atom is -0.385 e. The smallest absolute Gasteiger partial charge is 0.258 e. The van der Waals surface area contributed by atoms with Gasteiger partial charge in [-0.05, 0) is 43.7 Å². The highest BCUT2D eigenvalue weighted by Crippen LogP contribution is 2.22. The largest absolute Gasteiger partial charge is 0.385 e. The van der Waals surface area contributed by atoms with E-state index in [1.54, 1.807) is 24.4 Å². The Hall–Kier alpha value is -2.07. The van der Waals surface area contributed by atoms with Crippen molar-refractivity contribution in [2.24, 2.45) is 0 Å². The number of amides is 1. The number of halogens is 1. The van der Waals surface area contributed by atoms with Crippen molar-refractivity contribution >= 4 is 29.0 Å². The number of benzene rings is 1. The molecule has 0 saturated carbocycles. The predicted molar refractivity (Wildman–Crippen MR) is 82.5 cm³/mol. The zero-order chi connectivity index (χ0) is 14.5. The average molecular weight is 290 g/mol. The minimum atomic E-state index is -0.231. The van der Waals surface area contributed by atoms with Crippen LogP contribution >= 0.6 is 11.6 Å². The molecule has 2 aromatic rings. The van der Waals surface area contributed by atoms with Gasteiger partial charge in [0.25, 0.3) is 5.91 Å². The first-order chi connectivity index (χ1) is 9.61. The van der Waals surface area contributed by atoms with Gasteiger partial charge >= 0.3 is 0 Å². The molecule has 0 aliphatic carbocycles. The van der Waals surface area contributed by atoms with Crippen LogP contribution in [0.2, 0.25) is 5.02 Å². The summed E-state index contributed by atoms with van der Waals surface area (Å²) in [6.07, 6.45) is 1.64. The molecule has 0 radical (unpaired) electrons. The highest BCUT2D eigenvalue weighted by atomic mass is 35.5. The van der Waals surface area contributed by atoms with Crippen molar-refractivity contribution in [1.29, 1.82) is 0 Å². The molecule has 5 heteroatoms. The number of nitrogens with one attached hydrogen (secondary N) is 2. The van der Waals surface area contributed by atoms with E-state index in [1.807, 2.05) is 26.0 Å². The van der Waals surface area contributed by atoms with E-state index in [-0.39, 0.29) is 5.91 Å². The number of anilines is 2. The third-order valence-electron chi connectivity index (χ3n) is 2.83. The first kappa shape index (κ1) is 14.3. The molecule has 0 aliphatic heterocycles. The van der Waals surface area contributed by atoms with Gasteiger partial charge in [-0.25, -0.2) is 4.98 Å². The Labute approximate surface area is 123 Å². The van der Waals surface area contributed by atoms with Gasteiger partial charge in [0.15, 0.2) is 0 Å². The minimum absolute atomic E-state index is 0.231. The van der Waals surface area contributed by atoms with Gasteiger partial charge in [0.1, 0.15) is 5.82 Å². The average Bonchev–Trinajstić information content (AvgIpc) is 2.43. The lowest BCUT2D eigenvalue weighted by molar-refractivity contribution is 0.102. The fourth-order valence-corrected chi connectivity index (χ4v) is 2.01. The van der Waals surface area contributed by atoms with Crippen LogP contribution in [-0.4, -0.2) is 17.4 Å². The first-order valence-electron chi connectivity index (χ1n) is 6.38. The van der Waals surface area contributed by atoms with E-state index >= 15 is 0 Å². The van der Waals surface area contributed by atoms with Crippen LogP contribution < -0.4 is 10.6 Å². The van der Waals surface area contributed by atoms with Crippen LogP contribution in [0.25, 0.3) is 0 Å². The molecule has 20 heavy (non-hydrogen) atoms. The highest BCUT2D eigenvalue weighted by molar-refractivity contribution is 6.31. The summed E-state index contributed by atoms with van der Waals surface area (Å²) >= 11 is 5.97. The van der Waals surface area contributed by atoms with Crippen molar-refractivity contribution in [3.63, 3.8) is 0 Å². The van der Waals surface area contributed by atoms with Crippen molar-refractivity contribution in [3.05, 3.63) is 52.7 Å². The Kier molecular flexibility index (Phi) is 4.58. The first-order valence-corrected chi connectivity index (χ1v) is 6.76. The van der Waals surface area contributed by atoms with E-state index in [0.29, 0.717) is 16.4 Å². The third-order valence-corrected chi connectivity index (χ3v) is 3.07. The zero-order valence-corrected chi connectivity index (χ0v) is 12.2. The highest BCUT2D eigenvalue weighted by Gasteiger charge is 2.13. The molecule has 0 saturated heterocycles. The van der Waals surface area contributed by atoms with Gasteiger partial charge in [0, 0.05) is 23.5 Å². The predicted octanol–water partition coefficient (Wildman–Crippen LogP) is 3.73. The van der Waals surface area contributed by atoms with Gasteiger partial charge in [0.05, 0.1) is 5.56 Å². The number of hydrogen-bond donors (Lipinski definition) is 2. The Morgan fingerprint density at radius 2 is 2.15 bits per heavy atom. The SMILES string of the molecule is CCNc1ccc(Cl)cc1C(=O)Nc1ncccc1C. The summed E-state index contributed by atoms with van der Waals surface area (Å²) in [6, 6.07) is 8.92. The standard InChI is InChI=1S/C15H16ClN3O/c1-3-17-13-7-6-11(16)9-12(13)15(20)19-14-10(2)5-4-8-18-14/h4-9,17H,3H2,1-2H3,(H,18,19,20).